The van der Waals surface area contributed by atoms with Crippen LogP contribution in [0.2, 0.25) is 0 Å². The molecule has 1 atom stereocenters. The van der Waals surface area contributed by atoms with Gasteiger partial charge in [0.15, 0.2) is 0 Å². The molecule has 19 heavy (non-hydrogen) atoms. The highest BCUT2D eigenvalue weighted by Gasteiger charge is 2.18. The van der Waals surface area contributed by atoms with Crippen molar-refractivity contribution in [2.24, 2.45) is 5.92 Å². The summed E-state index contributed by atoms with van der Waals surface area (Å²) in [5, 5.41) is 9.05. The first-order valence-electron chi connectivity index (χ1n) is 6.61. The normalized spacial score (nSPS) is 13.7. The maximum atomic E-state index is 12.1. The molecule has 0 bridgehead atoms. The van der Waals surface area contributed by atoms with E-state index in [2.05, 4.69) is 18.6 Å². The van der Waals surface area contributed by atoms with E-state index in [4.69, 9.17) is 5.11 Å². The zero-order valence-corrected chi connectivity index (χ0v) is 12.6. The molecule has 0 saturated heterocycles. The summed E-state index contributed by atoms with van der Waals surface area (Å²) in [4.78, 5) is 0.243. The van der Waals surface area contributed by atoms with Gasteiger partial charge < -0.3 is 5.11 Å². The summed E-state index contributed by atoms with van der Waals surface area (Å²) in [5.41, 5.74) is 1.13. The van der Waals surface area contributed by atoms with Gasteiger partial charge >= 0.3 is 0 Å². The molecule has 108 valence electrons. The third-order valence-corrected chi connectivity index (χ3v) is 4.45. The van der Waals surface area contributed by atoms with Crippen molar-refractivity contribution < 1.29 is 13.5 Å². The molecular formula is C14H23NO3S. The van der Waals surface area contributed by atoms with E-state index >= 15 is 0 Å². The van der Waals surface area contributed by atoms with Crippen LogP contribution in [0.25, 0.3) is 0 Å². The summed E-state index contributed by atoms with van der Waals surface area (Å²) in [6.07, 6.45) is 1.49. The number of rotatable bonds is 7. The van der Waals surface area contributed by atoms with Gasteiger partial charge in [-0.3, -0.25) is 0 Å². The highest BCUT2D eigenvalue weighted by atomic mass is 32.2. The van der Waals surface area contributed by atoms with E-state index in [9.17, 15) is 8.42 Å². The van der Waals surface area contributed by atoms with Crippen LogP contribution in [0.4, 0.5) is 0 Å². The number of nitrogens with one attached hydrogen (secondary N) is 1. The molecule has 0 saturated carbocycles. The summed E-state index contributed by atoms with van der Waals surface area (Å²) < 4.78 is 26.6. The first kappa shape index (κ1) is 16.1. The molecule has 1 unspecified atom stereocenters. The average Bonchev–Trinajstić information content (AvgIpc) is 2.36. The third kappa shape index (κ3) is 4.93. The summed E-state index contributed by atoms with van der Waals surface area (Å²) in [7, 11) is -3.54. The van der Waals surface area contributed by atoms with Crippen molar-refractivity contribution in [2.75, 3.05) is 6.61 Å². The Morgan fingerprint density at radius 1 is 1.21 bits per heavy atom. The number of aliphatic hydroxyl groups excluding tert-OH is 1. The Morgan fingerprint density at radius 2 is 1.79 bits per heavy atom. The molecule has 0 spiro atoms. The standard InChI is InChI=1S/C14H23NO3S/c1-4-13(10-16)15-19(17,18)14-7-5-12(6-8-14)9-11(2)3/h5-8,11,13,15-16H,4,9-10H2,1-3H3. The Bertz CT molecular complexity index is 476. The van der Waals surface area contributed by atoms with Gasteiger partial charge in [0, 0.05) is 6.04 Å². The van der Waals surface area contributed by atoms with Gasteiger partial charge in [-0.1, -0.05) is 32.9 Å². The van der Waals surface area contributed by atoms with E-state index in [1.165, 1.54) is 0 Å². The van der Waals surface area contributed by atoms with Crippen LogP contribution in [-0.2, 0) is 16.4 Å². The molecule has 0 aliphatic carbocycles. The molecule has 4 nitrogen and oxygen atoms in total. The largest absolute Gasteiger partial charge is 0.395 e. The quantitative estimate of drug-likeness (QED) is 0.804. The molecule has 1 aromatic rings. The fourth-order valence-electron chi connectivity index (χ4n) is 1.81. The van der Waals surface area contributed by atoms with Crippen molar-refractivity contribution in [1.82, 2.24) is 4.72 Å². The van der Waals surface area contributed by atoms with Gasteiger partial charge in [-0.15, -0.1) is 0 Å². The molecule has 5 heteroatoms. The minimum atomic E-state index is -3.54. The molecule has 0 radical (unpaired) electrons. The molecule has 1 aromatic carbocycles. The third-order valence-electron chi connectivity index (χ3n) is 2.91. The Balaban J connectivity index is 2.84. The highest BCUT2D eigenvalue weighted by Crippen LogP contribution is 2.14. The van der Waals surface area contributed by atoms with E-state index in [-0.39, 0.29) is 11.5 Å². The number of hydrogen-bond acceptors (Lipinski definition) is 3. The van der Waals surface area contributed by atoms with Crippen LogP contribution < -0.4 is 4.72 Å². The lowest BCUT2D eigenvalue weighted by atomic mass is 10.0. The summed E-state index contributed by atoms with van der Waals surface area (Å²) in [6.45, 7) is 5.88. The van der Waals surface area contributed by atoms with Crippen molar-refractivity contribution in [3.63, 3.8) is 0 Å². The zero-order chi connectivity index (χ0) is 14.5. The summed E-state index contributed by atoms with van der Waals surface area (Å²) in [6, 6.07) is 6.48. The average molecular weight is 285 g/mol. The van der Waals surface area contributed by atoms with E-state index < -0.39 is 16.1 Å². The van der Waals surface area contributed by atoms with Crippen molar-refractivity contribution in [3.8, 4) is 0 Å². The zero-order valence-electron chi connectivity index (χ0n) is 11.8. The van der Waals surface area contributed by atoms with Gasteiger partial charge in [0.05, 0.1) is 11.5 Å². The number of sulfonamides is 1. The molecule has 0 fully saturated rings. The predicted octanol–water partition coefficient (Wildman–Crippen LogP) is 1.93. The van der Waals surface area contributed by atoms with Crippen molar-refractivity contribution in [2.45, 2.75) is 44.6 Å². The SMILES string of the molecule is CCC(CO)NS(=O)(=O)c1ccc(CC(C)C)cc1. The smallest absolute Gasteiger partial charge is 0.240 e. The van der Waals surface area contributed by atoms with Gasteiger partial charge in [-0.05, 0) is 36.5 Å². The fraction of sp³-hybridized carbons (Fsp3) is 0.571. The van der Waals surface area contributed by atoms with Crippen LogP contribution in [0.15, 0.2) is 29.2 Å². The van der Waals surface area contributed by atoms with E-state index in [0.29, 0.717) is 12.3 Å². The van der Waals surface area contributed by atoms with Gasteiger partial charge in [0.1, 0.15) is 0 Å². The van der Waals surface area contributed by atoms with Crippen LogP contribution in [0.1, 0.15) is 32.8 Å². The maximum Gasteiger partial charge on any atom is 0.240 e. The first-order valence-corrected chi connectivity index (χ1v) is 8.09. The molecule has 0 heterocycles. The van der Waals surface area contributed by atoms with Gasteiger partial charge in [0.2, 0.25) is 10.0 Å². The Morgan fingerprint density at radius 3 is 2.21 bits per heavy atom. The lowest BCUT2D eigenvalue weighted by molar-refractivity contribution is 0.254. The van der Waals surface area contributed by atoms with Crippen LogP contribution in [-0.4, -0.2) is 26.2 Å². The maximum absolute atomic E-state index is 12.1. The summed E-state index contributed by atoms with van der Waals surface area (Å²) in [5.74, 6) is 0.541. The second-order valence-electron chi connectivity index (χ2n) is 5.15. The predicted molar refractivity (Wildman–Crippen MR) is 76.5 cm³/mol. The molecule has 1 rings (SSSR count). The van der Waals surface area contributed by atoms with Gasteiger partial charge in [-0.2, -0.15) is 0 Å². The van der Waals surface area contributed by atoms with Crippen LogP contribution in [0.3, 0.4) is 0 Å². The fourth-order valence-corrected chi connectivity index (χ4v) is 3.12. The Labute approximate surface area is 115 Å². The second kappa shape index (κ2) is 7.03. The number of aliphatic hydroxyl groups is 1. The van der Waals surface area contributed by atoms with Crippen LogP contribution in [0.5, 0.6) is 0 Å². The molecular weight excluding hydrogens is 262 g/mol. The Hall–Kier alpha value is -0.910. The first-order chi connectivity index (χ1) is 8.89. The minimum Gasteiger partial charge on any atom is -0.395 e. The molecule has 0 amide bonds. The summed E-state index contributed by atoms with van der Waals surface area (Å²) >= 11 is 0. The lowest BCUT2D eigenvalue weighted by Gasteiger charge is -2.14. The molecule has 0 aromatic heterocycles. The second-order valence-corrected chi connectivity index (χ2v) is 6.86. The van der Waals surface area contributed by atoms with Gasteiger partial charge in [-0.25, -0.2) is 13.1 Å². The Kier molecular flexibility index (Phi) is 5.97. The van der Waals surface area contributed by atoms with Crippen LogP contribution in [0, 0.1) is 5.92 Å². The van der Waals surface area contributed by atoms with E-state index in [1.807, 2.05) is 19.1 Å². The lowest BCUT2D eigenvalue weighted by Crippen LogP contribution is -2.36. The monoisotopic (exact) mass is 285 g/mol. The van der Waals surface area contributed by atoms with Gasteiger partial charge in [0.25, 0.3) is 0 Å². The van der Waals surface area contributed by atoms with Crippen molar-refractivity contribution >= 4 is 10.0 Å². The van der Waals surface area contributed by atoms with Crippen molar-refractivity contribution in [3.05, 3.63) is 29.8 Å². The van der Waals surface area contributed by atoms with E-state index in [0.717, 1.165) is 12.0 Å². The topological polar surface area (TPSA) is 66.4 Å². The highest BCUT2D eigenvalue weighted by molar-refractivity contribution is 7.89. The van der Waals surface area contributed by atoms with Crippen molar-refractivity contribution in [1.29, 1.82) is 0 Å². The molecule has 0 aliphatic rings. The molecule has 2 N–H and O–H groups in total. The number of benzene rings is 1. The molecule has 0 aliphatic heterocycles. The van der Waals surface area contributed by atoms with Crippen LogP contribution >= 0.6 is 0 Å². The van der Waals surface area contributed by atoms with E-state index in [1.54, 1.807) is 12.1 Å². The number of hydrogen-bond donors (Lipinski definition) is 2. The minimum absolute atomic E-state index is 0.193.